The highest BCUT2D eigenvalue weighted by atomic mass is 19.3. The van der Waals surface area contributed by atoms with Crippen LogP contribution in [0.3, 0.4) is 0 Å². The predicted molar refractivity (Wildman–Crippen MR) is 63.7 cm³/mol. The highest BCUT2D eigenvalue weighted by molar-refractivity contribution is 6.09. The van der Waals surface area contributed by atoms with E-state index in [0.29, 0.717) is 17.8 Å². The van der Waals surface area contributed by atoms with Crippen LogP contribution in [0.25, 0.3) is 0 Å². The fourth-order valence-corrected chi connectivity index (χ4v) is 1.80. The molecule has 1 aromatic rings. The van der Waals surface area contributed by atoms with E-state index in [0.717, 1.165) is 11.4 Å². The maximum atomic E-state index is 13.4. The van der Waals surface area contributed by atoms with Gasteiger partial charge in [-0.1, -0.05) is 30.3 Å². The van der Waals surface area contributed by atoms with Gasteiger partial charge in [0.15, 0.2) is 5.70 Å². The second-order valence-corrected chi connectivity index (χ2v) is 4.15. The minimum atomic E-state index is -4.14. The minimum absolute atomic E-state index is 0.227. The van der Waals surface area contributed by atoms with Gasteiger partial charge in [-0.3, -0.25) is 4.99 Å². The molecule has 1 aliphatic rings. The van der Waals surface area contributed by atoms with E-state index >= 15 is 0 Å². The summed E-state index contributed by atoms with van der Waals surface area (Å²) in [6.07, 6.45) is -2.67. The molecule has 0 spiro atoms. The van der Waals surface area contributed by atoms with Gasteiger partial charge in [0, 0.05) is 6.08 Å². The summed E-state index contributed by atoms with van der Waals surface area (Å²) in [6.45, 7) is 0.536. The second-order valence-electron chi connectivity index (χ2n) is 4.15. The Morgan fingerprint density at radius 2 is 1.84 bits per heavy atom. The van der Waals surface area contributed by atoms with Crippen LogP contribution < -0.4 is 5.32 Å². The van der Waals surface area contributed by atoms with E-state index in [2.05, 4.69) is 4.99 Å². The van der Waals surface area contributed by atoms with Gasteiger partial charge in [-0.15, -0.1) is 0 Å². The van der Waals surface area contributed by atoms with Crippen LogP contribution in [-0.2, 0) is 0 Å². The zero-order valence-corrected chi connectivity index (χ0v) is 9.99. The molecule has 2 rings (SSSR count). The number of allylic oxidation sites excluding steroid dienone is 2. The summed E-state index contributed by atoms with van der Waals surface area (Å²) < 4.78 is 51.6. The summed E-state index contributed by atoms with van der Waals surface area (Å²) in [4.78, 5) is 4.15. The summed E-state index contributed by atoms with van der Waals surface area (Å²) in [5, 5.41) is 1.13. The van der Waals surface area contributed by atoms with Crippen LogP contribution in [0.15, 0.2) is 47.1 Å². The lowest BCUT2D eigenvalue weighted by Crippen LogP contribution is -2.86. The first-order valence-electron chi connectivity index (χ1n) is 5.83. The van der Waals surface area contributed by atoms with Crippen LogP contribution in [0.4, 0.5) is 17.6 Å². The number of hydrogen-bond donors (Lipinski definition) is 1. The number of halogens is 4. The van der Waals surface area contributed by atoms with Crippen molar-refractivity contribution in [2.75, 3.05) is 13.1 Å². The molecule has 1 heterocycles. The van der Waals surface area contributed by atoms with Gasteiger partial charge in [0.1, 0.15) is 0 Å². The monoisotopic (exact) mass is 273 g/mol. The minimum Gasteiger partial charge on any atom is -0.310 e. The maximum absolute atomic E-state index is 13.4. The number of nitrogens with two attached hydrogens (primary N) is 1. The highest BCUT2D eigenvalue weighted by Crippen LogP contribution is 2.28. The first-order valence-corrected chi connectivity index (χ1v) is 5.83. The Kier molecular flexibility index (Phi) is 3.99. The third kappa shape index (κ3) is 3.01. The molecule has 0 aliphatic carbocycles. The SMILES string of the molecule is FC(F)C(F)(F)C1=CC(c2ccccc2)=NCC[NH2+]1. The van der Waals surface area contributed by atoms with E-state index < -0.39 is 18.0 Å². The Hall–Kier alpha value is -1.69. The Labute approximate surface area is 107 Å². The number of nitrogens with zero attached hydrogens (tertiary/aromatic N) is 1. The third-order valence-electron chi connectivity index (χ3n) is 2.80. The molecule has 0 amide bonds. The molecule has 0 saturated carbocycles. The van der Waals surface area contributed by atoms with Crippen LogP contribution in [0.1, 0.15) is 5.56 Å². The Morgan fingerprint density at radius 1 is 1.16 bits per heavy atom. The van der Waals surface area contributed by atoms with E-state index in [-0.39, 0.29) is 6.54 Å². The maximum Gasteiger partial charge on any atom is 0.379 e. The Balaban J connectivity index is 2.37. The molecule has 1 aromatic carbocycles. The van der Waals surface area contributed by atoms with Gasteiger partial charge in [-0.25, -0.2) is 8.78 Å². The molecule has 0 unspecified atom stereocenters. The largest absolute Gasteiger partial charge is 0.379 e. The van der Waals surface area contributed by atoms with Gasteiger partial charge in [-0.2, -0.15) is 8.78 Å². The highest BCUT2D eigenvalue weighted by Gasteiger charge is 2.48. The molecule has 6 heteroatoms. The first kappa shape index (κ1) is 13.7. The first-order chi connectivity index (χ1) is 9.01. The summed E-state index contributed by atoms with van der Waals surface area (Å²) in [5.41, 5.74) is 0.285. The number of benzene rings is 1. The van der Waals surface area contributed by atoms with Crippen LogP contribution in [-0.4, -0.2) is 31.1 Å². The van der Waals surface area contributed by atoms with Gasteiger partial charge in [0.25, 0.3) is 0 Å². The number of alkyl halides is 4. The number of rotatable bonds is 3. The van der Waals surface area contributed by atoms with Gasteiger partial charge in [0.05, 0.1) is 18.8 Å². The van der Waals surface area contributed by atoms with E-state index in [4.69, 9.17) is 0 Å². The fraction of sp³-hybridized carbons (Fsp3) is 0.308. The van der Waals surface area contributed by atoms with Gasteiger partial charge < -0.3 is 5.32 Å². The summed E-state index contributed by atoms with van der Waals surface area (Å²) in [7, 11) is 0. The molecule has 2 N–H and O–H groups in total. The van der Waals surface area contributed by atoms with Crippen molar-refractivity contribution in [1.82, 2.24) is 0 Å². The van der Waals surface area contributed by atoms with Gasteiger partial charge in [-0.05, 0) is 5.56 Å². The lowest BCUT2D eigenvalue weighted by Gasteiger charge is -2.15. The lowest BCUT2D eigenvalue weighted by atomic mass is 10.1. The molecule has 19 heavy (non-hydrogen) atoms. The fourth-order valence-electron chi connectivity index (χ4n) is 1.80. The molecule has 0 atom stereocenters. The van der Waals surface area contributed by atoms with E-state index in [1.165, 1.54) is 0 Å². The molecule has 0 saturated heterocycles. The van der Waals surface area contributed by atoms with Crippen LogP contribution in [0.5, 0.6) is 0 Å². The van der Waals surface area contributed by atoms with Crippen molar-refractivity contribution in [3.63, 3.8) is 0 Å². The van der Waals surface area contributed by atoms with E-state index in [1.54, 1.807) is 30.3 Å². The zero-order chi connectivity index (χ0) is 13.9. The van der Waals surface area contributed by atoms with Gasteiger partial charge >= 0.3 is 12.3 Å². The van der Waals surface area contributed by atoms with Crippen LogP contribution in [0, 0.1) is 0 Å². The van der Waals surface area contributed by atoms with Crippen LogP contribution in [0.2, 0.25) is 0 Å². The molecule has 0 fully saturated rings. The molecular weight excluding hydrogens is 260 g/mol. The Morgan fingerprint density at radius 3 is 2.47 bits per heavy atom. The third-order valence-corrected chi connectivity index (χ3v) is 2.80. The van der Waals surface area contributed by atoms with E-state index in [9.17, 15) is 17.6 Å². The average molecular weight is 273 g/mol. The average Bonchev–Trinajstić information content (AvgIpc) is 2.65. The van der Waals surface area contributed by atoms with Crippen molar-refractivity contribution >= 4 is 5.71 Å². The molecule has 102 valence electrons. The molecule has 1 aliphatic heterocycles. The molecular formula is C13H13F4N2+. The molecule has 0 radical (unpaired) electrons. The topological polar surface area (TPSA) is 29.0 Å². The molecule has 0 bridgehead atoms. The Bertz CT molecular complexity index is 495. The number of quaternary nitrogens is 1. The van der Waals surface area contributed by atoms with Gasteiger partial charge in [0.2, 0.25) is 0 Å². The van der Waals surface area contributed by atoms with E-state index in [1.807, 2.05) is 0 Å². The lowest BCUT2D eigenvalue weighted by molar-refractivity contribution is -0.619. The summed E-state index contributed by atoms with van der Waals surface area (Å²) >= 11 is 0. The van der Waals surface area contributed by atoms with Crippen LogP contribution >= 0.6 is 0 Å². The van der Waals surface area contributed by atoms with Crippen molar-refractivity contribution < 1.29 is 22.9 Å². The quantitative estimate of drug-likeness (QED) is 0.814. The number of aliphatic imine (C=N–C) groups is 1. The van der Waals surface area contributed by atoms with Crippen molar-refractivity contribution in [3.05, 3.63) is 47.7 Å². The summed E-state index contributed by atoms with van der Waals surface area (Å²) in [5.74, 6) is -4.14. The zero-order valence-electron chi connectivity index (χ0n) is 9.99. The second kappa shape index (κ2) is 5.52. The van der Waals surface area contributed by atoms with Crippen molar-refractivity contribution in [2.45, 2.75) is 12.3 Å². The van der Waals surface area contributed by atoms with Crippen molar-refractivity contribution in [3.8, 4) is 0 Å². The number of hydrogen-bond acceptors (Lipinski definition) is 1. The predicted octanol–water partition coefficient (Wildman–Crippen LogP) is 1.84. The van der Waals surface area contributed by atoms with Crippen molar-refractivity contribution in [2.24, 2.45) is 4.99 Å². The smallest absolute Gasteiger partial charge is 0.310 e. The van der Waals surface area contributed by atoms with Crippen molar-refractivity contribution in [1.29, 1.82) is 0 Å². The standard InChI is InChI=1S/C13H12F4N2/c14-12(15)13(16,17)11-8-10(18-6-7-19-11)9-4-2-1-3-5-9/h1-5,8,12,19H,6-7H2/p+1. The summed E-state index contributed by atoms with van der Waals surface area (Å²) in [6, 6.07) is 8.68. The normalized spacial score (nSPS) is 16.9. The molecule has 2 nitrogen and oxygen atoms in total. The molecule has 0 aromatic heterocycles.